The van der Waals surface area contributed by atoms with Gasteiger partial charge in [-0.2, -0.15) is 0 Å². The fourth-order valence-electron chi connectivity index (χ4n) is 8.97. The number of methoxy groups -OCH3 is 1. The molecule has 2 aliphatic heterocycles. The number of rotatable bonds is 5. The lowest BCUT2D eigenvalue weighted by Crippen LogP contribution is -2.80. The zero-order valence-corrected chi connectivity index (χ0v) is 25.5. The van der Waals surface area contributed by atoms with Crippen LogP contribution in [0.3, 0.4) is 0 Å². The molecule has 4 fully saturated rings. The van der Waals surface area contributed by atoms with E-state index in [-0.39, 0.29) is 12.7 Å². The van der Waals surface area contributed by atoms with E-state index in [1.54, 1.807) is 31.4 Å². The topological polar surface area (TPSA) is 110 Å². The predicted octanol–water partition coefficient (Wildman–Crippen LogP) is 4.13. The van der Waals surface area contributed by atoms with Gasteiger partial charge in [0.2, 0.25) is 0 Å². The van der Waals surface area contributed by atoms with Crippen molar-refractivity contribution in [2.24, 2.45) is 16.7 Å². The van der Waals surface area contributed by atoms with Crippen LogP contribution in [0, 0.1) is 16.7 Å². The highest BCUT2D eigenvalue weighted by Gasteiger charge is 2.79. The highest BCUT2D eigenvalue weighted by atomic mass is 16.7. The molecule has 0 bridgehead atoms. The maximum Gasteiger partial charge on any atom is 0.338 e. The van der Waals surface area contributed by atoms with Gasteiger partial charge in [0.05, 0.1) is 41.8 Å². The molecule has 1 N–H and O–H groups in total. The maximum atomic E-state index is 14.0. The van der Waals surface area contributed by atoms with Gasteiger partial charge in [-0.25, -0.2) is 4.79 Å². The first-order valence-electron chi connectivity index (χ1n) is 14.7. The van der Waals surface area contributed by atoms with E-state index in [1.165, 1.54) is 6.92 Å². The van der Waals surface area contributed by atoms with Crippen molar-refractivity contribution in [1.82, 2.24) is 0 Å². The number of ether oxygens (including phenoxy) is 6. The second kappa shape index (κ2) is 9.72. The van der Waals surface area contributed by atoms with Crippen LogP contribution >= 0.6 is 0 Å². The first-order chi connectivity index (χ1) is 19.7. The Morgan fingerprint density at radius 3 is 2.33 bits per heavy atom. The van der Waals surface area contributed by atoms with E-state index in [0.29, 0.717) is 29.6 Å². The van der Waals surface area contributed by atoms with Crippen LogP contribution in [0.25, 0.3) is 0 Å². The summed E-state index contributed by atoms with van der Waals surface area (Å²) < 4.78 is 38.2. The van der Waals surface area contributed by atoms with Crippen molar-refractivity contribution >= 4 is 11.9 Å². The maximum absolute atomic E-state index is 14.0. The summed E-state index contributed by atoms with van der Waals surface area (Å²) in [4.78, 5) is 26.8. The van der Waals surface area contributed by atoms with Crippen molar-refractivity contribution < 1.29 is 43.1 Å². The molecule has 9 heteroatoms. The molecule has 228 valence electrons. The summed E-state index contributed by atoms with van der Waals surface area (Å²) in [6, 6.07) is 8.81. The van der Waals surface area contributed by atoms with Gasteiger partial charge in [0.25, 0.3) is 0 Å². The summed E-state index contributed by atoms with van der Waals surface area (Å²) in [7, 11) is 1.63. The Kier molecular flexibility index (Phi) is 6.83. The number of aliphatic hydroxyl groups excluding tert-OH is 1. The lowest BCUT2D eigenvalue weighted by atomic mass is 9.50. The monoisotopic (exact) mass is 582 g/mol. The van der Waals surface area contributed by atoms with E-state index in [0.717, 1.165) is 5.57 Å². The average Bonchev–Trinajstić information content (AvgIpc) is 3.20. The summed E-state index contributed by atoms with van der Waals surface area (Å²) in [6.07, 6.45) is -3.33. The molecule has 0 radical (unpaired) electrons. The minimum atomic E-state index is -1.15. The number of aliphatic hydroxyl groups is 1. The molecule has 6 rings (SSSR count). The molecule has 0 amide bonds. The molecule has 5 aliphatic rings. The molecule has 42 heavy (non-hydrogen) atoms. The summed E-state index contributed by atoms with van der Waals surface area (Å²) in [5.74, 6) is -2.70. The third kappa shape index (κ3) is 3.86. The fraction of sp³-hybridized carbons (Fsp3) is 0.636. The first-order valence-corrected chi connectivity index (χ1v) is 14.7. The molecule has 2 saturated heterocycles. The van der Waals surface area contributed by atoms with Gasteiger partial charge in [0, 0.05) is 25.9 Å². The smallest absolute Gasteiger partial charge is 0.338 e. The SMILES string of the molecule is C=C(C)[C@@]12C[C@H](OC)C(C)=C1[C@H](O)[C@@H]1OC(C)(C)O[C@@H]3C[C@H]4OC[C@@]4(OC(C)=O)[C@@H]([C@@H]2OC(=O)c2ccccc2)[C@@]31C. The first kappa shape index (κ1) is 29.5. The van der Waals surface area contributed by atoms with E-state index in [4.69, 9.17) is 28.4 Å². The number of hydrogen-bond donors (Lipinski definition) is 1. The summed E-state index contributed by atoms with van der Waals surface area (Å²) >= 11 is 0. The molecule has 9 nitrogen and oxygen atoms in total. The van der Waals surface area contributed by atoms with Gasteiger partial charge in [0.1, 0.15) is 18.3 Å². The highest BCUT2D eigenvalue weighted by molar-refractivity contribution is 5.89. The van der Waals surface area contributed by atoms with Crippen molar-refractivity contribution in [3.05, 3.63) is 59.2 Å². The van der Waals surface area contributed by atoms with Crippen LogP contribution in [-0.4, -0.2) is 78.8 Å². The van der Waals surface area contributed by atoms with Gasteiger partial charge in [-0.1, -0.05) is 37.3 Å². The Balaban J connectivity index is 1.66. The third-order valence-electron chi connectivity index (χ3n) is 10.7. The molecule has 3 aliphatic carbocycles. The molecule has 2 saturated carbocycles. The van der Waals surface area contributed by atoms with Gasteiger partial charge in [-0.05, 0) is 57.4 Å². The minimum Gasteiger partial charge on any atom is -0.457 e. The van der Waals surface area contributed by atoms with Crippen LogP contribution in [0.15, 0.2) is 53.6 Å². The molecule has 10 atom stereocenters. The van der Waals surface area contributed by atoms with Crippen LogP contribution < -0.4 is 0 Å². The minimum absolute atomic E-state index is 0.119. The lowest BCUT2D eigenvalue weighted by molar-refractivity contribution is -0.418. The second-order valence-corrected chi connectivity index (χ2v) is 13.4. The molecular formula is C33H42O9. The Morgan fingerprint density at radius 2 is 1.76 bits per heavy atom. The Hall–Kier alpha value is -2.56. The Bertz CT molecular complexity index is 1340. The summed E-state index contributed by atoms with van der Waals surface area (Å²) in [5, 5.41) is 12.5. The van der Waals surface area contributed by atoms with Crippen LogP contribution in [0.1, 0.15) is 64.7 Å². The van der Waals surface area contributed by atoms with Gasteiger partial charge in [0.15, 0.2) is 11.4 Å². The van der Waals surface area contributed by atoms with E-state index in [2.05, 4.69) is 6.58 Å². The molecule has 1 aromatic carbocycles. The second-order valence-electron chi connectivity index (χ2n) is 13.4. The number of esters is 2. The van der Waals surface area contributed by atoms with Gasteiger partial charge in [-0.3, -0.25) is 4.79 Å². The number of benzene rings is 1. The number of fused-ring (bicyclic) bond motifs is 3. The molecule has 1 aromatic rings. The number of hydrogen-bond acceptors (Lipinski definition) is 9. The summed E-state index contributed by atoms with van der Waals surface area (Å²) in [5.41, 5.74) is -0.542. The fourth-order valence-corrected chi connectivity index (χ4v) is 8.97. The molecule has 0 aromatic heterocycles. The van der Waals surface area contributed by atoms with Gasteiger partial charge < -0.3 is 33.5 Å². The van der Waals surface area contributed by atoms with Crippen molar-refractivity contribution in [2.75, 3.05) is 13.7 Å². The lowest BCUT2D eigenvalue weighted by Gasteiger charge is -2.68. The van der Waals surface area contributed by atoms with Crippen LogP contribution in [0.2, 0.25) is 0 Å². The predicted molar refractivity (Wildman–Crippen MR) is 151 cm³/mol. The molecule has 0 spiro atoms. The Morgan fingerprint density at radius 1 is 1.07 bits per heavy atom. The van der Waals surface area contributed by atoms with Gasteiger partial charge in [-0.15, -0.1) is 0 Å². The number of carbonyl (C=O) groups is 2. The van der Waals surface area contributed by atoms with Gasteiger partial charge >= 0.3 is 11.9 Å². The highest BCUT2D eigenvalue weighted by Crippen LogP contribution is 2.69. The molecule has 2 heterocycles. The largest absolute Gasteiger partial charge is 0.457 e. The molecular weight excluding hydrogens is 540 g/mol. The van der Waals surface area contributed by atoms with Crippen LogP contribution in [-0.2, 0) is 33.2 Å². The van der Waals surface area contributed by atoms with Crippen molar-refractivity contribution in [2.45, 2.75) is 102 Å². The summed E-state index contributed by atoms with van der Waals surface area (Å²) in [6.45, 7) is 15.5. The zero-order chi connectivity index (χ0) is 30.4. The van der Waals surface area contributed by atoms with Crippen LogP contribution in [0.4, 0.5) is 0 Å². The number of carbonyl (C=O) groups excluding carboxylic acids is 2. The van der Waals surface area contributed by atoms with E-state index in [1.807, 2.05) is 40.7 Å². The van der Waals surface area contributed by atoms with E-state index >= 15 is 0 Å². The third-order valence-corrected chi connectivity index (χ3v) is 10.7. The van der Waals surface area contributed by atoms with Crippen molar-refractivity contribution in [3.63, 3.8) is 0 Å². The van der Waals surface area contributed by atoms with Crippen LogP contribution in [0.5, 0.6) is 0 Å². The zero-order valence-electron chi connectivity index (χ0n) is 25.5. The van der Waals surface area contributed by atoms with E-state index < -0.39 is 70.6 Å². The van der Waals surface area contributed by atoms with Crippen molar-refractivity contribution in [1.29, 1.82) is 0 Å². The standard InChI is InChI=1S/C33H42O9/c1-17(2)32-15-21(37-8)18(3)24(32)25(35)27-31(7)22(41-30(5,6)42-27)14-23-33(16-38-23,40-19(4)34)26(31)28(32)39-29(36)20-12-10-9-11-13-20/h9-13,21-23,25-28,35H,1,14-16H2,2-8H3/t21-,22+,23+,25-,26-,27-,28-,31+,32-,33-/m0/s1. The van der Waals surface area contributed by atoms with E-state index in [9.17, 15) is 14.7 Å². The normalized spacial score (nSPS) is 43.2. The average molecular weight is 583 g/mol. The Labute approximate surface area is 247 Å². The van der Waals surface area contributed by atoms with Crippen molar-refractivity contribution in [3.8, 4) is 0 Å². The molecule has 0 unspecified atom stereocenters. The quantitative estimate of drug-likeness (QED) is 0.405.